The third-order valence-corrected chi connectivity index (χ3v) is 3.12. The van der Waals surface area contributed by atoms with Gasteiger partial charge in [-0.2, -0.15) is 0 Å². The molecule has 2 amide bonds. The zero-order valence-electron chi connectivity index (χ0n) is 13.6. The summed E-state index contributed by atoms with van der Waals surface area (Å²) in [5.41, 5.74) is 0.601. The largest absolute Gasteiger partial charge is 0.465 e. The highest BCUT2D eigenvalue weighted by Crippen LogP contribution is 2.01. The maximum Gasteiger partial charge on any atom is 0.407 e. The van der Waals surface area contributed by atoms with E-state index in [1.54, 1.807) is 0 Å². The molecule has 0 aliphatic carbocycles. The van der Waals surface area contributed by atoms with Gasteiger partial charge in [-0.05, 0) is 32.4 Å². The Hall–Kier alpha value is -2.28. The van der Waals surface area contributed by atoms with Gasteiger partial charge in [-0.25, -0.2) is 9.59 Å². The summed E-state index contributed by atoms with van der Waals surface area (Å²) in [6.07, 6.45) is -0.764. The second-order valence-electron chi connectivity index (χ2n) is 5.81. The fourth-order valence-electron chi connectivity index (χ4n) is 1.84. The number of carboxylic acid groups (broad SMARTS) is 1. The number of alkyl carbamates (subject to hydrolysis) is 1. The molecular formula is C16H25N3O4. The first-order chi connectivity index (χ1) is 10.9. The van der Waals surface area contributed by atoms with E-state index in [2.05, 4.69) is 16.0 Å². The molecule has 7 heteroatoms. The van der Waals surface area contributed by atoms with E-state index in [1.165, 1.54) is 0 Å². The lowest BCUT2D eigenvalue weighted by molar-refractivity contribution is 0.139. The minimum atomic E-state index is -1.04. The van der Waals surface area contributed by atoms with E-state index in [-0.39, 0.29) is 12.1 Å². The van der Waals surface area contributed by atoms with Crippen LogP contribution in [0.25, 0.3) is 0 Å². The van der Waals surface area contributed by atoms with Crippen molar-refractivity contribution in [2.24, 2.45) is 0 Å². The van der Waals surface area contributed by atoms with Gasteiger partial charge in [0.2, 0.25) is 0 Å². The highest BCUT2D eigenvalue weighted by Gasteiger charge is 2.17. The van der Waals surface area contributed by atoms with Gasteiger partial charge in [0.1, 0.15) is 6.61 Å². The summed E-state index contributed by atoms with van der Waals surface area (Å²) in [6.45, 7) is 5.53. The first kappa shape index (κ1) is 18.8. The van der Waals surface area contributed by atoms with Gasteiger partial charge in [0.25, 0.3) is 0 Å². The quantitative estimate of drug-likeness (QED) is 0.520. The predicted octanol–water partition coefficient (Wildman–Crippen LogP) is 1.94. The Morgan fingerprint density at radius 2 is 1.83 bits per heavy atom. The number of amides is 2. The van der Waals surface area contributed by atoms with Gasteiger partial charge in [0.05, 0.1) is 0 Å². The lowest BCUT2D eigenvalue weighted by atomic mass is 10.1. The van der Waals surface area contributed by atoms with Crippen LogP contribution in [0.15, 0.2) is 30.3 Å². The van der Waals surface area contributed by atoms with Gasteiger partial charge in [-0.1, -0.05) is 30.3 Å². The predicted molar refractivity (Wildman–Crippen MR) is 87.4 cm³/mol. The fourth-order valence-corrected chi connectivity index (χ4v) is 1.84. The highest BCUT2D eigenvalue weighted by molar-refractivity contribution is 5.67. The molecular weight excluding hydrogens is 298 g/mol. The molecule has 0 aliphatic heterocycles. The zero-order valence-corrected chi connectivity index (χ0v) is 13.6. The molecule has 0 atom stereocenters. The Morgan fingerprint density at radius 3 is 2.48 bits per heavy atom. The summed E-state index contributed by atoms with van der Waals surface area (Å²) >= 11 is 0. The topological polar surface area (TPSA) is 99.7 Å². The summed E-state index contributed by atoms with van der Waals surface area (Å²) in [5.74, 6) is 0. The van der Waals surface area contributed by atoms with E-state index in [1.807, 2.05) is 44.2 Å². The summed E-state index contributed by atoms with van der Waals surface area (Å²) in [5, 5.41) is 16.8. The van der Waals surface area contributed by atoms with Gasteiger partial charge < -0.3 is 25.8 Å². The van der Waals surface area contributed by atoms with Crippen LogP contribution in [0.2, 0.25) is 0 Å². The van der Waals surface area contributed by atoms with Crippen LogP contribution >= 0.6 is 0 Å². The molecule has 0 saturated carbocycles. The molecule has 7 nitrogen and oxygen atoms in total. The minimum absolute atomic E-state index is 0.249. The molecule has 23 heavy (non-hydrogen) atoms. The van der Waals surface area contributed by atoms with E-state index >= 15 is 0 Å². The van der Waals surface area contributed by atoms with Crippen LogP contribution in [0.1, 0.15) is 25.8 Å². The number of nitrogens with one attached hydrogen (secondary N) is 3. The van der Waals surface area contributed by atoms with Crippen LogP contribution < -0.4 is 16.0 Å². The number of benzene rings is 1. The van der Waals surface area contributed by atoms with Crippen LogP contribution in [0.4, 0.5) is 9.59 Å². The Kier molecular flexibility index (Phi) is 7.90. The second kappa shape index (κ2) is 9.68. The molecule has 0 aromatic heterocycles. The van der Waals surface area contributed by atoms with Crippen LogP contribution in [-0.4, -0.2) is 42.5 Å². The van der Waals surface area contributed by atoms with Gasteiger partial charge in [0, 0.05) is 18.6 Å². The first-order valence-electron chi connectivity index (χ1n) is 7.55. The molecule has 1 aromatic rings. The second-order valence-corrected chi connectivity index (χ2v) is 5.81. The van der Waals surface area contributed by atoms with E-state index < -0.39 is 12.2 Å². The monoisotopic (exact) mass is 323 g/mol. The van der Waals surface area contributed by atoms with Gasteiger partial charge in [0.15, 0.2) is 0 Å². The molecule has 128 valence electrons. The van der Waals surface area contributed by atoms with E-state index in [0.717, 1.165) is 12.0 Å². The molecule has 1 rings (SSSR count). The van der Waals surface area contributed by atoms with Crippen LogP contribution in [0.3, 0.4) is 0 Å². The maximum absolute atomic E-state index is 11.5. The number of carbonyl (C=O) groups excluding carboxylic acids is 1. The van der Waals surface area contributed by atoms with Crippen molar-refractivity contribution in [2.45, 2.75) is 32.4 Å². The molecule has 4 N–H and O–H groups in total. The maximum atomic E-state index is 11.5. The molecule has 0 unspecified atom stereocenters. The molecule has 0 spiro atoms. The van der Waals surface area contributed by atoms with Crippen molar-refractivity contribution in [1.82, 2.24) is 16.0 Å². The van der Waals surface area contributed by atoms with E-state index in [4.69, 9.17) is 9.84 Å². The van der Waals surface area contributed by atoms with Crippen LogP contribution in [0, 0.1) is 0 Å². The smallest absolute Gasteiger partial charge is 0.407 e. The van der Waals surface area contributed by atoms with Crippen molar-refractivity contribution in [1.29, 1.82) is 0 Å². The van der Waals surface area contributed by atoms with Crippen molar-refractivity contribution < 1.29 is 19.4 Å². The number of hydrogen-bond acceptors (Lipinski definition) is 4. The van der Waals surface area contributed by atoms with Gasteiger partial charge in [-0.3, -0.25) is 0 Å². The standard InChI is InChI=1S/C16H25N3O4/c1-16(2,12-18-14(20)21)19-10-6-9-17-15(22)23-11-13-7-4-3-5-8-13/h3-5,7-8,18-19H,6,9-12H2,1-2H3,(H,17,22)(H,20,21). The molecule has 0 radical (unpaired) electrons. The SMILES string of the molecule is CC(C)(CNC(=O)O)NCCCNC(=O)OCc1ccccc1. The number of ether oxygens (including phenoxy) is 1. The van der Waals surface area contributed by atoms with Gasteiger partial charge in [-0.15, -0.1) is 0 Å². The highest BCUT2D eigenvalue weighted by atomic mass is 16.5. The molecule has 1 aromatic carbocycles. The summed E-state index contributed by atoms with van der Waals surface area (Å²) in [6, 6.07) is 9.48. The summed E-state index contributed by atoms with van der Waals surface area (Å²) in [4.78, 5) is 22.0. The number of rotatable bonds is 9. The third kappa shape index (κ3) is 9.36. The van der Waals surface area contributed by atoms with E-state index in [0.29, 0.717) is 19.6 Å². The Labute approximate surface area is 136 Å². The van der Waals surface area contributed by atoms with Gasteiger partial charge >= 0.3 is 12.2 Å². The zero-order chi connectivity index (χ0) is 17.1. The lowest BCUT2D eigenvalue weighted by Gasteiger charge is -2.26. The van der Waals surface area contributed by atoms with Crippen molar-refractivity contribution in [3.63, 3.8) is 0 Å². The number of hydrogen-bond donors (Lipinski definition) is 4. The molecule has 0 fully saturated rings. The molecule has 0 heterocycles. The normalized spacial score (nSPS) is 10.9. The summed E-state index contributed by atoms with van der Waals surface area (Å²) < 4.78 is 5.09. The number of carbonyl (C=O) groups is 2. The Balaban J connectivity index is 2.07. The minimum Gasteiger partial charge on any atom is -0.465 e. The Morgan fingerprint density at radius 1 is 1.13 bits per heavy atom. The van der Waals surface area contributed by atoms with E-state index in [9.17, 15) is 9.59 Å². The summed E-state index contributed by atoms with van der Waals surface area (Å²) in [7, 11) is 0. The lowest BCUT2D eigenvalue weighted by Crippen LogP contribution is -2.49. The van der Waals surface area contributed by atoms with Crippen LogP contribution in [-0.2, 0) is 11.3 Å². The van der Waals surface area contributed by atoms with Crippen molar-refractivity contribution in [3.8, 4) is 0 Å². The molecule has 0 aliphatic rings. The Bertz CT molecular complexity index is 491. The van der Waals surface area contributed by atoms with Crippen molar-refractivity contribution >= 4 is 12.2 Å². The van der Waals surface area contributed by atoms with Crippen molar-refractivity contribution in [2.75, 3.05) is 19.6 Å². The first-order valence-corrected chi connectivity index (χ1v) is 7.55. The third-order valence-electron chi connectivity index (χ3n) is 3.12. The average Bonchev–Trinajstić information content (AvgIpc) is 2.52. The fraction of sp³-hybridized carbons (Fsp3) is 0.500. The molecule has 0 bridgehead atoms. The van der Waals surface area contributed by atoms with Crippen molar-refractivity contribution in [3.05, 3.63) is 35.9 Å². The van der Waals surface area contributed by atoms with Crippen LogP contribution in [0.5, 0.6) is 0 Å². The average molecular weight is 323 g/mol. The molecule has 0 saturated heterocycles.